The van der Waals surface area contributed by atoms with Crippen molar-refractivity contribution in [3.63, 3.8) is 0 Å². The Balaban J connectivity index is 1.76. The van der Waals surface area contributed by atoms with E-state index in [0.717, 1.165) is 36.9 Å². The van der Waals surface area contributed by atoms with E-state index in [1.54, 1.807) is 13.8 Å². The van der Waals surface area contributed by atoms with Gasteiger partial charge in [0.25, 0.3) is 0 Å². The third-order valence-corrected chi connectivity index (χ3v) is 7.06. The fourth-order valence-electron chi connectivity index (χ4n) is 3.84. The fourth-order valence-corrected chi connectivity index (χ4v) is 4.68. The number of fused-ring (bicyclic) bond motifs is 1. The van der Waals surface area contributed by atoms with Crippen molar-refractivity contribution in [1.82, 2.24) is 9.88 Å². The zero-order chi connectivity index (χ0) is 18.7. The molecule has 3 rings (SSSR count). The lowest BCUT2D eigenvalue weighted by molar-refractivity contribution is -0.118. The summed E-state index contributed by atoms with van der Waals surface area (Å²) < 4.78 is 23.5. The molecule has 6 heteroatoms. The number of hydrogen-bond acceptors (Lipinski definition) is 4. The lowest BCUT2D eigenvalue weighted by Gasteiger charge is -2.23. The molecular formula is C20H28N2O3S. The lowest BCUT2D eigenvalue weighted by atomic mass is 10.0. The first-order valence-corrected chi connectivity index (χ1v) is 11.2. The minimum atomic E-state index is -2.95. The van der Waals surface area contributed by atoms with Gasteiger partial charge in [-0.05, 0) is 62.4 Å². The first-order chi connectivity index (χ1) is 12.4. The number of carbonyl (C=O) groups is 1. The summed E-state index contributed by atoms with van der Waals surface area (Å²) in [5.74, 6) is 0.609. The summed E-state index contributed by atoms with van der Waals surface area (Å²) in [5, 5.41) is 1.17. The van der Waals surface area contributed by atoms with E-state index < -0.39 is 9.84 Å². The van der Waals surface area contributed by atoms with Gasteiger partial charge in [0.15, 0.2) is 0 Å². The van der Waals surface area contributed by atoms with Gasteiger partial charge in [0.1, 0.15) is 15.6 Å². The molecule has 1 saturated heterocycles. The maximum atomic E-state index is 11.8. The molecule has 0 unspecified atom stereocenters. The van der Waals surface area contributed by atoms with Crippen LogP contribution in [0, 0.1) is 0 Å². The Labute approximate surface area is 155 Å². The van der Waals surface area contributed by atoms with Gasteiger partial charge in [-0.15, -0.1) is 0 Å². The number of aromatic nitrogens is 1. The van der Waals surface area contributed by atoms with Gasteiger partial charge < -0.3 is 4.98 Å². The number of H-pyrrole nitrogens is 1. The van der Waals surface area contributed by atoms with E-state index in [9.17, 15) is 13.2 Å². The molecule has 1 N–H and O–H groups in total. The Morgan fingerprint density at radius 2 is 2.15 bits per heavy atom. The van der Waals surface area contributed by atoms with Gasteiger partial charge in [-0.25, -0.2) is 8.42 Å². The number of sulfone groups is 1. The van der Waals surface area contributed by atoms with Crippen molar-refractivity contribution >= 4 is 26.5 Å². The van der Waals surface area contributed by atoms with Gasteiger partial charge in [-0.1, -0.05) is 13.0 Å². The zero-order valence-corrected chi connectivity index (χ0v) is 16.4. The third kappa shape index (κ3) is 4.54. The van der Waals surface area contributed by atoms with E-state index in [4.69, 9.17) is 0 Å². The van der Waals surface area contributed by atoms with E-state index in [-0.39, 0.29) is 17.3 Å². The van der Waals surface area contributed by atoms with Crippen molar-refractivity contribution in [3.8, 4) is 0 Å². The van der Waals surface area contributed by atoms with Crippen LogP contribution < -0.4 is 0 Å². The molecule has 1 fully saturated rings. The lowest BCUT2D eigenvalue weighted by Crippen LogP contribution is -2.34. The van der Waals surface area contributed by atoms with E-state index >= 15 is 0 Å². The summed E-state index contributed by atoms with van der Waals surface area (Å²) in [6, 6.07) is 6.57. The quantitative estimate of drug-likeness (QED) is 0.769. The van der Waals surface area contributed by atoms with Crippen LogP contribution in [-0.2, 0) is 27.5 Å². The number of likely N-dealkylation sites (tertiary alicyclic amines) is 1. The van der Waals surface area contributed by atoms with Gasteiger partial charge in [0.2, 0.25) is 0 Å². The molecule has 1 aliphatic rings. The van der Waals surface area contributed by atoms with E-state index in [2.05, 4.69) is 22.1 Å². The summed E-state index contributed by atoms with van der Waals surface area (Å²) in [5.41, 5.74) is 3.39. The van der Waals surface area contributed by atoms with Gasteiger partial charge >= 0.3 is 0 Å². The van der Waals surface area contributed by atoms with Gasteiger partial charge in [-0.3, -0.25) is 9.69 Å². The number of carbonyl (C=O) groups excluding carboxylic acids is 1. The van der Waals surface area contributed by atoms with Gasteiger partial charge in [0.05, 0.1) is 12.3 Å². The Morgan fingerprint density at radius 3 is 2.88 bits per heavy atom. The molecule has 2 aromatic rings. The number of benzene rings is 1. The third-order valence-electron chi connectivity index (χ3n) is 5.35. The molecule has 26 heavy (non-hydrogen) atoms. The predicted molar refractivity (Wildman–Crippen MR) is 105 cm³/mol. The van der Waals surface area contributed by atoms with Crippen LogP contribution in [0.5, 0.6) is 0 Å². The topological polar surface area (TPSA) is 70.2 Å². The standard InChI is InChI=1S/C20H28N2O3S/c1-3-26(24,25)10-8-16-6-7-20-19(11-16)17(13-21-20)12-18-5-4-9-22(18)14-15(2)23/h6-7,11,13,18,21H,3-5,8-10,12,14H2,1-2H3/t18-/m1/s1. The first kappa shape index (κ1) is 19.1. The Morgan fingerprint density at radius 1 is 1.35 bits per heavy atom. The minimum absolute atomic E-state index is 0.193. The molecule has 1 aromatic heterocycles. The molecule has 1 aliphatic heterocycles. The van der Waals surface area contributed by atoms with Crippen LogP contribution in [0.15, 0.2) is 24.4 Å². The fraction of sp³-hybridized carbons (Fsp3) is 0.550. The van der Waals surface area contributed by atoms with Gasteiger partial charge in [-0.2, -0.15) is 0 Å². The van der Waals surface area contributed by atoms with E-state index in [1.807, 2.05) is 12.1 Å². The highest BCUT2D eigenvalue weighted by molar-refractivity contribution is 7.91. The summed E-state index contributed by atoms with van der Waals surface area (Å²) in [7, 11) is -2.95. The number of aromatic amines is 1. The van der Waals surface area contributed by atoms with Crippen LogP contribution in [0.3, 0.4) is 0 Å². The SMILES string of the molecule is CCS(=O)(=O)CCc1ccc2[nH]cc(C[C@H]3CCCN3CC(C)=O)c2c1. The Hall–Kier alpha value is -1.66. The summed E-state index contributed by atoms with van der Waals surface area (Å²) in [6.07, 6.45) is 5.79. The smallest absolute Gasteiger partial charge is 0.150 e. The second kappa shape index (κ2) is 7.92. The Kier molecular flexibility index (Phi) is 5.82. The molecule has 0 bridgehead atoms. The molecule has 0 saturated carbocycles. The van der Waals surface area contributed by atoms with Crippen molar-refractivity contribution in [1.29, 1.82) is 0 Å². The molecule has 5 nitrogen and oxygen atoms in total. The maximum Gasteiger partial charge on any atom is 0.150 e. The van der Waals surface area contributed by atoms with Crippen LogP contribution in [0.4, 0.5) is 0 Å². The highest BCUT2D eigenvalue weighted by Gasteiger charge is 2.26. The molecule has 1 aromatic carbocycles. The van der Waals surface area contributed by atoms with Crippen LogP contribution >= 0.6 is 0 Å². The number of ketones is 1. The van der Waals surface area contributed by atoms with Crippen LogP contribution in [0.25, 0.3) is 10.9 Å². The van der Waals surface area contributed by atoms with Crippen LogP contribution in [0.2, 0.25) is 0 Å². The largest absolute Gasteiger partial charge is 0.361 e. The molecule has 0 radical (unpaired) electrons. The van der Waals surface area contributed by atoms with Crippen molar-refractivity contribution in [2.75, 3.05) is 24.6 Å². The number of Topliss-reactive ketones (excluding diaryl/α,β-unsaturated/α-hetero) is 1. The van der Waals surface area contributed by atoms with Crippen molar-refractivity contribution in [2.45, 2.75) is 45.6 Å². The number of nitrogens with zero attached hydrogens (tertiary/aromatic N) is 1. The number of rotatable bonds is 8. The molecule has 1 atom stereocenters. The maximum absolute atomic E-state index is 11.8. The van der Waals surface area contributed by atoms with Crippen LogP contribution in [-0.4, -0.2) is 54.7 Å². The summed E-state index contributed by atoms with van der Waals surface area (Å²) in [4.78, 5) is 17.1. The first-order valence-electron chi connectivity index (χ1n) is 9.41. The molecular weight excluding hydrogens is 348 g/mol. The van der Waals surface area contributed by atoms with Crippen molar-refractivity contribution < 1.29 is 13.2 Å². The van der Waals surface area contributed by atoms with Crippen LogP contribution in [0.1, 0.15) is 37.8 Å². The molecule has 0 amide bonds. The molecule has 0 spiro atoms. The second-order valence-electron chi connectivity index (χ2n) is 7.35. The highest BCUT2D eigenvalue weighted by Crippen LogP contribution is 2.26. The van der Waals surface area contributed by atoms with Gasteiger partial charge in [0, 0.05) is 28.9 Å². The monoisotopic (exact) mass is 376 g/mol. The normalized spacial score (nSPS) is 18.6. The highest BCUT2D eigenvalue weighted by atomic mass is 32.2. The predicted octanol–water partition coefficient (Wildman–Crippen LogP) is 2.74. The second-order valence-corrected chi connectivity index (χ2v) is 9.83. The molecule has 142 valence electrons. The van der Waals surface area contributed by atoms with Crippen molar-refractivity contribution in [3.05, 3.63) is 35.5 Å². The average Bonchev–Trinajstić information content (AvgIpc) is 3.20. The number of nitrogens with one attached hydrogen (secondary N) is 1. The van der Waals surface area contributed by atoms with E-state index in [1.165, 1.54) is 10.9 Å². The molecule has 2 heterocycles. The average molecular weight is 377 g/mol. The number of hydrogen-bond donors (Lipinski definition) is 1. The molecule has 0 aliphatic carbocycles. The number of aryl methyl sites for hydroxylation is 1. The Bertz CT molecular complexity index is 886. The van der Waals surface area contributed by atoms with Crippen molar-refractivity contribution in [2.24, 2.45) is 0 Å². The zero-order valence-electron chi connectivity index (χ0n) is 15.6. The summed E-state index contributed by atoms with van der Waals surface area (Å²) in [6.45, 7) is 4.87. The van der Waals surface area contributed by atoms with E-state index in [0.29, 0.717) is 19.0 Å². The minimum Gasteiger partial charge on any atom is -0.361 e. The summed E-state index contributed by atoms with van der Waals surface area (Å²) >= 11 is 0.